The van der Waals surface area contributed by atoms with Crippen LogP contribution >= 0.6 is 0 Å². The molecule has 1 aromatic heterocycles. The van der Waals surface area contributed by atoms with Gasteiger partial charge in [0.05, 0.1) is 5.69 Å². The summed E-state index contributed by atoms with van der Waals surface area (Å²) < 4.78 is 0. The number of nitrogens with zero attached hydrogens (tertiary/aromatic N) is 2. The summed E-state index contributed by atoms with van der Waals surface area (Å²) in [6.45, 7) is 11.4. The van der Waals surface area contributed by atoms with Crippen LogP contribution in [0.2, 0.25) is 0 Å². The van der Waals surface area contributed by atoms with Crippen molar-refractivity contribution in [3.8, 4) is 0 Å². The number of piperidine rings is 1. The van der Waals surface area contributed by atoms with Gasteiger partial charge in [-0.2, -0.15) is 0 Å². The molecule has 0 bridgehead atoms. The fourth-order valence-electron chi connectivity index (χ4n) is 3.03. The zero-order chi connectivity index (χ0) is 14.4. The zero-order valence-electron chi connectivity index (χ0n) is 13.2. The van der Waals surface area contributed by atoms with E-state index < -0.39 is 0 Å². The number of hydrogen-bond donors (Lipinski definition) is 1. The van der Waals surface area contributed by atoms with E-state index in [0.29, 0.717) is 6.04 Å². The van der Waals surface area contributed by atoms with Crippen LogP contribution in [0.25, 0.3) is 0 Å². The van der Waals surface area contributed by atoms with Crippen molar-refractivity contribution in [2.75, 3.05) is 19.6 Å². The van der Waals surface area contributed by atoms with Crippen LogP contribution in [0.3, 0.4) is 0 Å². The molecule has 0 aromatic carbocycles. The third kappa shape index (κ3) is 4.57. The Labute approximate surface area is 123 Å². The Morgan fingerprint density at radius 3 is 2.75 bits per heavy atom. The minimum Gasteiger partial charge on any atom is -0.308 e. The van der Waals surface area contributed by atoms with Gasteiger partial charge in [-0.3, -0.25) is 4.98 Å². The van der Waals surface area contributed by atoms with Crippen molar-refractivity contribution >= 4 is 0 Å². The van der Waals surface area contributed by atoms with Crippen molar-refractivity contribution < 1.29 is 0 Å². The second-order valence-electron chi connectivity index (χ2n) is 6.31. The van der Waals surface area contributed by atoms with Crippen molar-refractivity contribution in [1.82, 2.24) is 15.2 Å². The van der Waals surface area contributed by atoms with Crippen molar-refractivity contribution in [1.29, 1.82) is 0 Å². The van der Waals surface area contributed by atoms with Gasteiger partial charge < -0.3 is 10.2 Å². The molecule has 0 unspecified atom stereocenters. The van der Waals surface area contributed by atoms with E-state index in [0.717, 1.165) is 18.9 Å². The molecule has 112 valence electrons. The molecule has 2 heterocycles. The maximum absolute atomic E-state index is 4.52. The largest absolute Gasteiger partial charge is 0.308 e. The van der Waals surface area contributed by atoms with E-state index in [4.69, 9.17) is 0 Å². The minimum absolute atomic E-state index is 0.658. The molecule has 1 fully saturated rings. The lowest BCUT2D eigenvalue weighted by Gasteiger charge is -2.33. The second-order valence-corrected chi connectivity index (χ2v) is 6.31. The van der Waals surface area contributed by atoms with Gasteiger partial charge in [-0.05, 0) is 49.9 Å². The summed E-state index contributed by atoms with van der Waals surface area (Å²) >= 11 is 0. The van der Waals surface area contributed by atoms with Crippen LogP contribution in [0.5, 0.6) is 0 Å². The van der Waals surface area contributed by atoms with E-state index in [-0.39, 0.29) is 0 Å². The van der Waals surface area contributed by atoms with Gasteiger partial charge in [-0.25, -0.2) is 0 Å². The lowest BCUT2D eigenvalue weighted by atomic mass is 10.0. The van der Waals surface area contributed by atoms with E-state index in [1.165, 1.54) is 43.7 Å². The Bertz CT molecular complexity index is 395. The summed E-state index contributed by atoms with van der Waals surface area (Å²) in [6.07, 6.45) is 5.50. The van der Waals surface area contributed by atoms with Gasteiger partial charge in [0.2, 0.25) is 0 Å². The molecule has 2 rings (SSSR count). The van der Waals surface area contributed by atoms with Gasteiger partial charge in [0.25, 0.3) is 0 Å². The molecular weight excluding hydrogens is 246 g/mol. The van der Waals surface area contributed by atoms with Gasteiger partial charge in [0, 0.05) is 25.3 Å². The second kappa shape index (κ2) is 7.75. The zero-order valence-corrected chi connectivity index (χ0v) is 13.2. The van der Waals surface area contributed by atoms with Crippen LogP contribution in [0.15, 0.2) is 18.3 Å². The van der Waals surface area contributed by atoms with E-state index in [1.54, 1.807) is 0 Å². The molecule has 0 radical (unpaired) electrons. The highest BCUT2D eigenvalue weighted by molar-refractivity contribution is 5.19. The number of likely N-dealkylation sites (tertiary alicyclic amines) is 1. The number of aryl methyl sites for hydroxylation is 1. The minimum atomic E-state index is 0.658. The highest BCUT2D eigenvalue weighted by Crippen LogP contribution is 2.13. The van der Waals surface area contributed by atoms with E-state index in [2.05, 4.69) is 42.0 Å². The molecule has 20 heavy (non-hydrogen) atoms. The fourth-order valence-corrected chi connectivity index (χ4v) is 3.03. The quantitative estimate of drug-likeness (QED) is 0.865. The van der Waals surface area contributed by atoms with Crippen LogP contribution in [0.1, 0.15) is 44.9 Å². The molecular formula is C17H29N3. The van der Waals surface area contributed by atoms with Gasteiger partial charge in [0.1, 0.15) is 0 Å². The average Bonchev–Trinajstić information content (AvgIpc) is 2.46. The Balaban J connectivity index is 1.76. The average molecular weight is 275 g/mol. The molecule has 0 amide bonds. The number of hydrogen-bond acceptors (Lipinski definition) is 3. The van der Waals surface area contributed by atoms with E-state index >= 15 is 0 Å². The van der Waals surface area contributed by atoms with Crippen LogP contribution in [-0.4, -0.2) is 35.6 Å². The maximum atomic E-state index is 4.52. The van der Waals surface area contributed by atoms with Crippen LogP contribution in [-0.2, 0) is 13.0 Å². The van der Waals surface area contributed by atoms with E-state index in [1.807, 2.05) is 12.3 Å². The first-order valence-electron chi connectivity index (χ1n) is 8.07. The topological polar surface area (TPSA) is 28.2 Å². The van der Waals surface area contributed by atoms with Crippen molar-refractivity contribution in [2.24, 2.45) is 5.92 Å². The van der Waals surface area contributed by atoms with Crippen LogP contribution in [0.4, 0.5) is 0 Å². The molecule has 0 atom stereocenters. The van der Waals surface area contributed by atoms with Gasteiger partial charge in [-0.1, -0.05) is 26.8 Å². The molecule has 1 aliphatic heterocycles. The molecule has 3 nitrogen and oxygen atoms in total. The SMILES string of the molecule is CCc1cccnc1CNC1CCN(CC(C)C)CC1. The molecule has 1 N–H and O–H groups in total. The van der Waals surface area contributed by atoms with Crippen molar-refractivity contribution in [3.63, 3.8) is 0 Å². The van der Waals surface area contributed by atoms with Crippen LogP contribution in [0, 0.1) is 5.92 Å². The maximum Gasteiger partial charge on any atom is 0.0573 e. The van der Waals surface area contributed by atoms with E-state index in [9.17, 15) is 0 Å². The van der Waals surface area contributed by atoms with Crippen molar-refractivity contribution in [2.45, 2.75) is 52.6 Å². The number of nitrogens with one attached hydrogen (secondary N) is 1. The first-order chi connectivity index (χ1) is 9.69. The standard InChI is InChI=1S/C17H29N3/c1-4-15-6-5-9-18-17(15)12-19-16-7-10-20(11-8-16)13-14(2)3/h5-6,9,14,16,19H,4,7-8,10-13H2,1-3H3. The van der Waals surface area contributed by atoms with Gasteiger partial charge >= 0.3 is 0 Å². The Morgan fingerprint density at radius 2 is 2.10 bits per heavy atom. The Morgan fingerprint density at radius 1 is 1.35 bits per heavy atom. The molecule has 1 saturated heterocycles. The Hall–Kier alpha value is -0.930. The highest BCUT2D eigenvalue weighted by Gasteiger charge is 2.19. The number of pyridine rings is 1. The summed E-state index contributed by atoms with van der Waals surface area (Å²) in [5.74, 6) is 0.778. The summed E-state index contributed by atoms with van der Waals surface area (Å²) in [6, 6.07) is 4.88. The fraction of sp³-hybridized carbons (Fsp3) is 0.706. The summed E-state index contributed by atoms with van der Waals surface area (Å²) in [4.78, 5) is 7.11. The summed E-state index contributed by atoms with van der Waals surface area (Å²) in [5, 5.41) is 3.70. The normalized spacial score (nSPS) is 17.8. The number of aromatic nitrogens is 1. The lowest BCUT2D eigenvalue weighted by Crippen LogP contribution is -2.43. The smallest absolute Gasteiger partial charge is 0.0573 e. The third-order valence-corrected chi connectivity index (χ3v) is 4.13. The number of rotatable bonds is 6. The van der Waals surface area contributed by atoms with Crippen molar-refractivity contribution in [3.05, 3.63) is 29.6 Å². The summed E-state index contributed by atoms with van der Waals surface area (Å²) in [7, 11) is 0. The molecule has 0 saturated carbocycles. The summed E-state index contributed by atoms with van der Waals surface area (Å²) in [5.41, 5.74) is 2.59. The Kier molecular flexibility index (Phi) is 5.99. The lowest BCUT2D eigenvalue weighted by molar-refractivity contribution is 0.179. The van der Waals surface area contributed by atoms with Gasteiger partial charge in [0.15, 0.2) is 0 Å². The van der Waals surface area contributed by atoms with Crippen LogP contribution < -0.4 is 5.32 Å². The molecule has 0 aliphatic carbocycles. The molecule has 1 aromatic rings. The third-order valence-electron chi connectivity index (χ3n) is 4.13. The predicted octanol–water partition coefficient (Wildman–Crippen LogP) is 2.85. The molecule has 0 spiro atoms. The first-order valence-corrected chi connectivity index (χ1v) is 8.07. The van der Waals surface area contributed by atoms with Gasteiger partial charge in [-0.15, -0.1) is 0 Å². The molecule has 3 heteroatoms. The molecule has 1 aliphatic rings. The highest BCUT2D eigenvalue weighted by atomic mass is 15.1. The predicted molar refractivity (Wildman–Crippen MR) is 84.8 cm³/mol. The first kappa shape index (κ1) is 15.5. The monoisotopic (exact) mass is 275 g/mol.